The minimum atomic E-state index is -1.68. The number of benzene rings is 1. The van der Waals surface area contributed by atoms with Crippen molar-refractivity contribution in [3.8, 4) is 0 Å². The van der Waals surface area contributed by atoms with Gasteiger partial charge in [-0.2, -0.15) is 0 Å². The summed E-state index contributed by atoms with van der Waals surface area (Å²) in [6.07, 6.45) is 3.65. The van der Waals surface area contributed by atoms with Crippen LogP contribution in [0.5, 0.6) is 0 Å². The molecule has 0 aliphatic carbocycles. The van der Waals surface area contributed by atoms with Crippen LogP contribution in [-0.2, 0) is 0 Å². The van der Waals surface area contributed by atoms with Gasteiger partial charge in [-0.25, -0.2) is 32.4 Å². The molecule has 1 saturated heterocycles. The van der Waals surface area contributed by atoms with Crippen LogP contribution in [0.2, 0.25) is 0 Å². The van der Waals surface area contributed by atoms with Gasteiger partial charge < -0.3 is 14.8 Å². The van der Waals surface area contributed by atoms with Gasteiger partial charge in [0, 0.05) is 32.4 Å². The summed E-state index contributed by atoms with van der Waals surface area (Å²) in [6, 6.07) is 1.42. The fourth-order valence-corrected chi connectivity index (χ4v) is 3.56. The summed E-state index contributed by atoms with van der Waals surface area (Å²) >= 11 is 0. The number of likely N-dealkylation sites (N-methyl/N-ethyl adjacent to an activating group) is 1. The Bertz CT molecular complexity index is 1080. The van der Waals surface area contributed by atoms with Gasteiger partial charge in [0.25, 0.3) is 5.69 Å². The van der Waals surface area contributed by atoms with Crippen LogP contribution in [0.4, 0.5) is 34.8 Å². The fraction of sp³-hybridized carbons (Fsp3) is 0.278. The first-order valence-corrected chi connectivity index (χ1v) is 8.43. The molecule has 0 saturated carbocycles. The molecule has 2 aromatic heterocycles. The Hall–Kier alpha value is -3.35. The molecule has 3 heterocycles. The molecule has 1 aliphatic heterocycles. The third-order valence-corrected chi connectivity index (χ3v) is 5.03. The van der Waals surface area contributed by atoms with Crippen molar-refractivity contribution in [3.05, 3.63) is 53.3 Å². The number of hydrogen-bond donors (Lipinski definition) is 1. The van der Waals surface area contributed by atoms with Crippen molar-refractivity contribution in [1.29, 1.82) is 0 Å². The van der Waals surface area contributed by atoms with Crippen molar-refractivity contribution in [2.24, 2.45) is 0 Å². The van der Waals surface area contributed by atoms with E-state index in [2.05, 4.69) is 19.8 Å². The Balaban J connectivity index is 1.65. The first-order chi connectivity index (χ1) is 13.4. The largest absolute Gasteiger partial charge is 0.365 e. The molecule has 1 aliphatic rings. The van der Waals surface area contributed by atoms with Crippen molar-refractivity contribution >= 4 is 28.2 Å². The lowest BCUT2D eigenvalue weighted by Crippen LogP contribution is -2.36. The number of nitrogens with zero attached hydrogens (tertiary/aromatic N) is 5. The van der Waals surface area contributed by atoms with Crippen molar-refractivity contribution in [2.75, 3.05) is 29.9 Å². The first kappa shape index (κ1) is 18.0. The minimum Gasteiger partial charge on any atom is -0.365 e. The van der Waals surface area contributed by atoms with Crippen molar-refractivity contribution in [2.45, 2.75) is 12.5 Å². The Morgan fingerprint density at radius 2 is 1.89 bits per heavy atom. The number of rotatable bonds is 3. The standard InChI is InChI=1S/C18H14F4N6/c1-23-15-11(19)13(21)16(14(22)12(15)20)27(2)9-4-6-28(7-9)18-10-3-5-24-17(10)25-8-26-18/h3,5,8-9H,4,6-7H2,2H3,(H,24,25,26)/t9-/m1/s1. The smallest absolute Gasteiger partial charge is 0.263 e. The van der Waals surface area contributed by atoms with E-state index >= 15 is 0 Å². The summed E-state index contributed by atoms with van der Waals surface area (Å²) in [6.45, 7) is 7.60. The molecule has 4 rings (SSSR count). The lowest BCUT2D eigenvalue weighted by Gasteiger charge is -2.28. The molecule has 0 radical (unpaired) electrons. The van der Waals surface area contributed by atoms with Gasteiger partial charge in [0.15, 0.2) is 23.3 Å². The zero-order chi connectivity index (χ0) is 20.0. The average Bonchev–Trinajstić information content (AvgIpc) is 3.36. The predicted molar refractivity (Wildman–Crippen MR) is 95.4 cm³/mol. The van der Waals surface area contributed by atoms with Gasteiger partial charge in [-0.05, 0) is 12.5 Å². The number of aromatic amines is 1. The van der Waals surface area contributed by atoms with Gasteiger partial charge in [-0.15, -0.1) is 0 Å². The van der Waals surface area contributed by atoms with E-state index in [0.717, 1.165) is 5.39 Å². The van der Waals surface area contributed by atoms with E-state index in [1.807, 2.05) is 11.0 Å². The van der Waals surface area contributed by atoms with E-state index < -0.39 is 40.7 Å². The molecule has 1 fully saturated rings. The summed E-state index contributed by atoms with van der Waals surface area (Å²) < 4.78 is 56.7. The average molecular weight is 390 g/mol. The second-order valence-electron chi connectivity index (χ2n) is 6.50. The summed E-state index contributed by atoms with van der Waals surface area (Å²) in [4.78, 5) is 17.0. The highest BCUT2D eigenvalue weighted by molar-refractivity contribution is 5.87. The Morgan fingerprint density at radius 1 is 1.18 bits per heavy atom. The van der Waals surface area contributed by atoms with E-state index in [4.69, 9.17) is 6.57 Å². The molecule has 0 spiro atoms. The maximum atomic E-state index is 14.4. The molecule has 3 aromatic rings. The van der Waals surface area contributed by atoms with Crippen LogP contribution >= 0.6 is 0 Å². The molecule has 1 aromatic carbocycles. The normalized spacial score (nSPS) is 16.6. The third kappa shape index (κ3) is 2.62. The zero-order valence-electron chi connectivity index (χ0n) is 14.7. The topological polar surface area (TPSA) is 52.4 Å². The van der Waals surface area contributed by atoms with Crippen LogP contribution in [0.15, 0.2) is 18.6 Å². The van der Waals surface area contributed by atoms with Gasteiger partial charge in [0.05, 0.1) is 12.0 Å². The molecular weight excluding hydrogens is 376 g/mol. The summed E-state index contributed by atoms with van der Waals surface area (Å²) in [5.74, 6) is -5.84. The summed E-state index contributed by atoms with van der Waals surface area (Å²) in [5, 5.41) is 0.807. The third-order valence-electron chi connectivity index (χ3n) is 5.03. The van der Waals surface area contributed by atoms with Crippen LogP contribution in [0.1, 0.15) is 6.42 Å². The van der Waals surface area contributed by atoms with Gasteiger partial charge >= 0.3 is 0 Å². The van der Waals surface area contributed by atoms with Crippen LogP contribution in [0.25, 0.3) is 15.9 Å². The molecule has 0 unspecified atom stereocenters. The van der Waals surface area contributed by atoms with Gasteiger partial charge in [-0.3, -0.25) is 0 Å². The molecule has 144 valence electrons. The molecule has 1 N–H and O–H groups in total. The van der Waals surface area contributed by atoms with Crippen molar-refractivity contribution in [3.63, 3.8) is 0 Å². The van der Waals surface area contributed by atoms with Crippen LogP contribution < -0.4 is 9.80 Å². The van der Waals surface area contributed by atoms with Gasteiger partial charge in [-0.1, -0.05) is 0 Å². The Morgan fingerprint density at radius 3 is 2.57 bits per heavy atom. The molecule has 1 atom stereocenters. The molecule has 0 amide bonds. The number of halogens is 4. The van der Waals surface area contributed by atoms with E-state index in [0.29, 0.717) is 31.0 Å². The molecule has 0 bridgehead atoms. The van der Waals surface area contributed by atoms with E-state index in [9.17, 15) is 17.6 Å². The lowest BCUT2D eigenvalue weighted by molar-refractivity contribution is 0.456. The van der Waals surface area contributed by atoms with E-state index in [1.54, 1.807) is 6.20 Å². The number of aromatic nitrogens is 3. The number of anilines is 2. The summed E-state index contributed by atoms with van der Waals surface area (Å²) in [7, 11) is 1.37. The second kappa shape index (κ2) is 6.67. The highest BCUT2D eigenvalue weighted by Crippen LogP contribution is 2.37. The molecule has 6 nitrogen and oxygen atoms in total. The second-order valence-corrected chi connectivity index (χ2v) is 6.50. The van der Waals surface area contributed by atoms with E-state index in [1.165, 1.54) is 18.3 Å². The Kier molecular flexibility index (Phi) is 4.30. The molecule has 10 heteroatoms. The highest BCUT2D eigenvalue weighted by atomic mass is 19.2. The number of fused-ring (bicyclic) bond motifs is 1. The SMILES string of the molecule is [C-]#[N+]c1c(F)c(F)c(N(C)[C@@H]2CCN(c3ncnc4[nH]ccc34)C2)c(F)c1F. The van der Waals surface area contributed by atoms with Crippen molar-refractivity contribution in [1.82, 2.24) is 15.0 Å². The number of H-pyrrole nitrogens is 1. The van der Waals surface area contributed by atoms with Crippen LogP contribution in [-0.4, -0.2) is 41.1 Å². The van der Waals surface area contributed by atoms with Gasteiger partial charge in [0.2, 0.25) is 0 Å². The number of hydrogen-bond acceptors (Lipinski definition) is 4. The fourth-order valence-electron chi connectivity index (χ4n) is 3.56. The molecular formula is C18H14F4N6. The van der Waals surface area contributed by atoms with Gasteiger partial charge in [0.1, 0.15) is 23.5 Å². The maximum Gasteiger partial charge on any atom is 0.263 e. The minimum absolute atomic E-state index is 0.348. The summed E-state index contributed by atoms with van der Waals surface area (Å²) in [5.41, 5.74) is -1.43. The number of nitrogens with one attached hydrogen (secondary N) is 1. The van der Waals surface area contributed by atoms with E-state index in [-0.39, 0.29) is 0 Å². The quantitative estimate of drug-likeness (QED) is 0.420. The van der Waals surface area contributed by atoms with Crippen LogP contribution in [0, 0.1) is 29.8 Å². The monoisotopic (exact) mass is 390 g/mol. The lowest BCUT2D eigenvalue weighted by atomic mass is 10.1. The Labute approximate surface area is 157 Å². The first-order valence-electron chi connectivity index (χ1n) is 8.43. The highest BCUT2D eigenvalue weighted by Gasteiger charge is 2.34. The zero-order valence-corrected chi connectivity index (χ0v) is 14.7. The molecule has 28 heavy (non-hydrogen) atoms. The maximum absolute atomic E-state index is 14.4. The van der Waals surface area contributed by atoms with Crippen molar-refractivity contribution < 1.29 is 17.6 Å². The van der Waals surface area contributed by atoms with Crippen LogP contribution in [0.3, 0.4) is 0 Å². The predicted octanol–water partition coefficient (Wildman–Crippen LogP) is 3.78.